The second kappa shape index (κ2) is 6.96. The van der Waals surface area contributed by atoms with Gasteiger partial charge in [0.25, 0.3) is 0 Å². The summed E-state index contributed by atoms with van der Waals surface area (Å²) in [4.78, 5) is 14.2. The summed E-state index contributed by atoms with van der Waals surface area (Å²) in [5.74, 6) is -0.351. The summed E-state index contributed by atoms with van der Waals surface area (Å²) in [6.07, 6.45) is 7.28. The summed E-state index contributed by atoms with van der Waals surface area (Å²) < 4.78 is 0. The van der Waals surface area contributed by atoms with Gasteiger partial charge in [0.15, 0.2) is 0 Å². The minimum Gasteiger partial charge on any atom is -0.388 e. The molecule has 2 aromatic rings. The number of benzene rings is 2. The van der Waals surface area contributed by atoms with Crippen LogP contribution in [0.5, 0.6) is 0 Å². The maximum absolute atomic E-state index is 11.7. The Balaban J connectivity index is 1.34. The number of carbonyl (C=O) groups excluding carboxylic acids is 1. The van der Waals surface area contributed by atoms with Crippen LogP contribution in [0.4, 0.5) is 0 Å². The first-order valence-corrected chi connectivity index (χ1v) is 10.9. The Hall–Kier alpha value is -2.17. The number of likely N-dealkylation sites (tertiary alicyclic amines) is 1. The SMILES string of the molecule is NC(=O)c1cccc(C23CCCC(C2)N(CC2(O)Cc4ccccc4C2)CC3)c1. The number of hydrogen-bond donors (Lipinski definition) is 2. The quantitative estimate of drug-likeness (QED) is 0.842. The topological polar surface area (TPSA) is 66.6 Å². The number of nitrogens with two attached hydrogens (primary N) is 1. The summed E-state index contributed by atoms with van der Waals surface area (Å²) in [7, 11) is 0. The van der Waals surface area contributed by atoms with Gasteiger partial charge in [-0.05, 0) is 66.5 Å². The van der Waals surface area contributed by atoms with Gasteiger partial charge < -0.3 is 10.8 Å². The molecule has 1 heterocycles. The van der Waals surface area contributed by atoms with Crippen LogP contribution < -0.4 is 5.73 Å². The fraction of sp³-hybridized carbons (Fsp3) is 0.480. The Morgan fingerprint density at radius 2 is 1.86 bits per heavy atom. The van der Waals surface area contributed by atoms with Gasteiger partial charge in [0, 0.05) is 31.0 Å². The number of fused-ring (bicyclic) bond motifs is 3. The van der Waals surface area contributed by atoms with E-state index in [-0.39, 0.29) is 11.3 Å². The highest BCUT2D eigenvalue weighted by molar-refractivity contribution is 5.92. The van der Waals surface area contributed by atoms with Crippen molar-refractivity contribution in [2.75, 3.05) is 13.1 Å². The molecule has 4 nitrogen and oxygen atoms in total. The largest absolute Gasteiger partial charge is 0.388 e. The smallest absolute Gasteiger partial charge is 0.248 e. The van der Waals surface area contributed by atoms with Crippen molar-refractivity contribution >= 4 is 5.91 Å². The molecule has 0 aromatic heterocycles. The molecule has 4 heteroatoms. The van der Waals surface area contributed by atoms with Crippen LogP contribution in [0.15, 0.2) is 48.5 Å². The number of amides is 1. The highest BCUT2D eigenvalue weighted by atomic mass is 16.3. The van der Waals surface area contributed by atoms with Gasteiger partial charge in [0.2, 0.25) is 5.91 Å². The predicted molar refractivity (Wildman–Crippen MR) is 114 cm³/mol. The number of β-amino-alcohol motifs (C(OH)–C–C–N with tert-alkyl or cyclic N) is 1. The van der Waals surface area contributed by atoms with Gasteiger partial charge in [-0.15, -0.1) is 0 Å². The van der Waals surface area contributed by atoms with E-state index < -0.39 is 5.60 Å². The second-order valence-corrected chi connectivity index (χ2v) is 9.54. The lowest BCUT2D eigenvalue weighted by Gasteiger charge is -2.52. The third-order valence-electron chi connectivity index (χ3n) is 7.63. The Bertz CT molecular complexity index is 915. The molecule has 2 aromatic carbocycles. The van der Waals surface area contributed by atoms with Gasteiger partial charge >= 0.3 is 0 Å². The number of carbonyl (C=O) groups is 1. The summed E-state index contributed by atoms with van der Waals surface area (Å²) >= 11 is 0. The van der Waals surface area contributed by atoms with Crippen LogP contribution in [0.2, 0.25) is 0 Å². The minimum absolute atomic E-state index is 0.145. The van der Waals surface area contributed by atoms with E-state index in [0.29, 0.717) is 11.6 Å². The van der Waals surface area contributed by atoms with Crippen LogP contribution in [-0.4, -0.2) is 40.6 Å². The molecule has 3 aliphatic rings. The fourth-order valence-electron chi connectivity index (χ4n) is 6.19. The molecule has 2 unspecified atom stereocenters. The van der Waals surface area contributed by atoms with E-state index in [2.05, 4.69) is 35.2 Å². The van der Waals surface area contributed by atoms with E-state index in [0.717, 1.165) is 38.8 Å². The Kier molecular flexibility index (Phi) is 4.52. The molecule has 2 fully saturated rings. The number of aliphatic hydroxyl groups is 1. The lowest BCUT2D eigenvalue weighted by Crippen LogP contribution is -2.56. The highest BCUT2D eigenvalue weighted by Crippen LogP contribution is 2.47. The lowest BCUT2D eigenvalue weighted by atomic mass is 9.63. The Morgan fingerprint density at radius 3 is 2.59 bits per heavy atom. The zero-order chi connectivity index (χ0) is 20.1. The minimum atomic E-state index is -0.646. The average Bonchev–Trinajstić information content (AvgIpc) is 3.06. The molecule has 152 valence electrons. The van der Waals surface area contributed by atoms with Crippen molar-refractivity contribution in [3.8, 4) is 0 Å². The maximum Gasteiger partial charge on any atom is 0.248 e. The summed E-state index contributed by atoms with van der Waals surface area (Å²) in [6.45, 7) is 1.76. The zero-order valence-corrected chi connectivity index (χ0v) is 16.9. The van der Waals surface area contributed by atoms with E-state index in [1.807, 2.05) is 18.2 Å². The first-order valence-electron chi connectivity index (χ1n) is 10.9. The molecule has 1 saturated heterocycles. The third kappa shape index (κ3) is 3.38. The number of nitrogens with zero attached hydrogens (tertiary/aromatic N) is 1. The van der Waals surface area contributed by atoms with Crippen LogP contribution >= 0.6 is 0 Å². The van der Waals surface area contributed by atoms with Crippen molar-refractivity contribution in [3.63, 3.8) is 0 Å². The van der Waals surface area contributed by atoms with Crippen LogP contribution in [-0.2, 0) is 18.3 Å². The molecule has 0 radical (unpaired) electrons. The van der Waals surface area contributed by atoms with E-state index in [1.165, 1.54) is 36.0 Å². The van der Waals surface area contributed by atoms with Gasteiger partial charge in [0.05, 0.1) is 5.60 Å². The van der Waals surface area contributed by atoms with Gasteiger partial charge in [0.1, 0.15) is 0 Å². The summed E-state index contributed by atoms with van der Waals surface area (Å²) in [5, 5.41) is 11.3. The predicted octanol–water partition coefficient (Wildman–Crippen LogP) is 3.20. The number of rotatable bonds is 4. The van der Waals surface area contributed by atoms with Crippen molar-refractivity contribution in [1.29, 1.82) is 0 Å². The molecular formula is C25H30N2O2. The molecule has 5 rings (SSSR count). The molecule has 29 heavy (non-hydrogen) atoms. The molecule has 1 amide bonds. The van der Waals surface area contributed by atoms with Gasteiger partial charge in [-0.25, -0.2) is 0 Å². The monoisotopic (exact) mass is 390 g/mol. The van der Waals surface area contributed by atoms with E-state index >= 15 is 0 Å². The zero-order valence-electron chi connectivity index (χ0n) is 16.9. The molecule has 0 spiro atoms. The van der Waals surface area contributed by atoms with E-state index in [9.17, 15) is 9.90 Å². The van der Waals surface area contributed by atoms with Crippen LogP contribution in [0.25, 0.3) is 0 Å². The van der Waals surface area contributed by atoms with Gasteiger partial charge in [-0.1, -0.05) is 42.8 Å². The van der Waals surface area contributed by atoms with Crippen molar-refractivity contribution in [2.45, 2.75) is 62.0 Å². The molecule has 2 bridgehead atoms. The molecule has 3 N–H and O–H groups in total. The summed E-state index contributed by atoms with van der Waals surface area (Å²) in [6, 6.07) is 16.9. The van der Waals surface area contributed by atoms with Crippen LogP contribution in [0.3, 0.4) is 0 Å². The van der Waals surface area contributed by atoms with Gasteiger partial charge in [-0.2, -0.15) is 0 Å². The number of piperidine rings is 1. The molecule has 1 saturated carbocycles. The normalized spacial score (nSPS) is 28.1. The molecule has 1 aliphatic heterocycles. The van der Waals surface area contributed by atoms with E-state index in [4.69, 9.17) is 5.73 Å². The third-order valence-corrected chi connectivity index (χ3v) is 7.63. The Labute approximate surface area is 172 Å². The molecular weight excluding hydrogens is 360 g/mol. The molecule has 2 atom stereocenters. The molecule has 2 aliphatic carbocycles. The first kappa shape index (κ1) is 18.8. The Morgan fingerprint density at radius 1 is 1.10 bits per heavy atom. The number of hydrogen-bond acceptors (Lipinski definition) is 3. The standard InChI is InChI=1S/C25H30N2O2/c26-23(28)18-7-3-8-21(13-18)24-10-4-9-22(16-24)27(12-11-24)17-25(29)14-19-5-1-2-6-20(19)15-25/h1-3,5-8,13,22,29H,4,9-12,14-17H2,(H2,26,28). The van der Waals surface area contributed by atoms with Gasteiger partial charge in [-0.3, -0.25) is 9.69 Å². The second-order valence-electron chi connectivity index (χ2n) is 9.54. The number of primary amides is 1. The average molecular weight is 391 g/mol. The van der Waals surface area contributed by atoms with Crippen molar-refractivity contribution in [1.82, 2.24) is 4.90 Å². The summed E-state index contributed by atoms with van der Waals surface area (Å²) in [5.41, 5.74) is 9.50. The first-order chi connectivity index (χ1) is 14.0. The highest BCUT2D eigenvalue weighted by Gasteiger charge is 2.46. The van der Waals surface area contributed by atoms with Crippen LogP contribution in [0.1, 0.15) is 59.2 Å². The van der Waals surface area contributed by atoms with Crippen molar-refractivity contribution in [3.05, 3.63) is 70.8 Å². The van der Waals surface area contributed by atoms with Crippen molar-refractivity contribution < 1.29 is 9.90 Å². The van der Waals surface area contributed by atoms with Crippen molar-refractivity contribution in [2.24, 2.45) is 5.73 Å². The fourth-order valence-corrected chi connectivity index (χ4v) is 6.19. The van der Waals surface area contributed by atoms with E-state index in [1.54, 1.807) is 0 Å². The van der Waals surface area contributed by atoms with Crippen LogP contribution in [0, 0.1) is 0 Å². The lowest BCUT2D eigenvalue weighted by molar-refractivity contribution is -0.0328. The maximum atomic E-state index is 11.7.